The first-order valence-electron chi connectivity index (χ1n) is 7.93. The van der Waals surface area contributed by atoms with Gasteiger partial charge in [0.05, 0.1) is 13.2 Å². The highest BCUT2D eigenvalue weighted by Gasteiger charge is 2.10. The molecule has 0 N–H and O–H groups in total. The van der Waals surface area contributed by atoms with Gasteiger partial charge in [-0.15, -0.1) is 0 Å². The first-order chi connectivity index (χ1) is 11.0. The minimum Gasteiger partial charge on any atom is -0.493 e. The molecule has 2 rings (SSSR count). The Bertz CT molecular complexity index is 657. The summed E-state index contributed by atoms with van der Waals surface area (Å²) in [6.07, 6.45) is 1.26. The van der Waals surface area contributed by atoms with E-state index < -0.39 is 0 Å². The molecule has 23 heavy (non-hydrogen) atoms. The molecule has 3 heteroatoms. The van der Waals surface area contributed by atoms with Crippen molar-refractivity contribution in [2.45, 2.75) is 39.7 Å². The predicted molar refractivity (Wildman–Crippen MR) is 92.6 cm³/mol. The van der Waals surface area contributed by atoms with Crippen molar-refractivity contribution in [3.63, 3.8) is 0 Å². The SMILES string of the molecule is COc1cc(CCC(=O)c2ccc(C)cc2)ccc1OC(C)C. The molecule has 2 aromatic rings. The molecule has 0 atom stereocenters. The van der Waals surface area contributed by atoms with E-state index in [2.05, 4.69) is 0 Å². The lowest BCUT2D eigenvalue weighted by atomic mass is 10.0. The predicted octanol–water partition coefficient (Wildman–Crippen LogP) is 4.61. The van der Waals surface area contributed by atoms with Crippen molar-refractivity contribution in [1.82, 2.24) is 0 Å². The van der Waals surface area contributed by atoms with E-state index in [1.165, 1.54) is 0 Å². The number of aryl methyl sites for hydroxylation is 2. The number of methoxy groups -OCH3 is 1. The summed E-state index contributed by atoms with van der Waals surface area (Å²) in [6.45, 7) is 5.97. The van der Waals surface area contributed by atoms with E-state index >= 15 is 0 Å². The number of carbonyl (C=O) groups excluding carboxylic acids is 1. The minimum absolute atomic E-state index is 0.0952. The fourth-order valence-electron chi connectivity index (χ4n) is 2.36. The summed E-state index contributed by atoms with van der Waals surface area (Å²) >= 11 is 0. The first kappa shape index (κ1) is 17.1. The molecule has 0 unspecified atom stereocenters. The summed E-state index contributed by atoms with van der Waals surface area (Å²) < 4.78 is 11.1. The van der Waals surface area contributed by atoms with Gasteiger partial charge in [-0.05, 0) is 44.9 Å². The quantitative estimate of drug-likeness (QED) is 0.701. The van der Waals surface area contributed by atoms with Crippen molar-refractivity contribution in [3.8, 4) is 11.5 Å². The van der Waals surface area contributed by atoms with E-state index in [1.54, 1.807) is 7.11 Å². The zero-order chi connectivity index (χ0) is 16.8. The molecule has 122 valence electrons. The molecule has 0 saturated carbocycles. The van der Waals surface area contributed by atoms with Gasteiger partial charge in [-0.25, -0.2) is 0 Å². The third-order valence-corrected chi connectivity index (χ3v) is 3.60. The maximum Gasteiger partial charge on any atom is 0.163 e. The van der Waals surface area contributed by atoms with Gasteiger partial charge in [0.1, 0.15) is 0 Å². The Kier molecular flexibility index (Phi) is 5.80. The van der Waals surface area contributed by atoms with E-state index in [0.717, 1.165) is 22.4 Å². The molecule has 0 saturated heterocycles. The van der Waals surface area contributed by atoms with Gasteiger partial charge in [0.2, 0.25) is 0 Å². The number of hydrogen-bond donors (Lipinski definition) is 0. The van der Waals surface area contributed by atoms with Crippen LogP contribution in [0.25, 0.3) is 0 Å². The molecule has 0 fully saturated rings. The minimum atomic E-state index is 0.0952. The summed E-state index contributed by atoms with van der Waals surface area (Å²) in [5.74, 6) is 1.60. The number of Topliss-reactive ketones (excluding diaryl/α,β-unsaturated/α-hetero) is 1. The van der Waals surface area contributed by atoms with Crippen LogP contribution in [0.1, 0.15) is 41.8 Å². The Labute approximate surface area is 138 Å². The van der Waals surface area contributed by atoms with Crippen molar-refractivity contribution in [3.05, 3.63) is 59.2 Å². The zero-order valence-corrected chi connectivity index (χ0v) is 14.3. The molecule has 0 radical (unpaired) electrons. The van der Waals surface area contributed by atoms with Gasteiger partial charge in [0.25, 0.3) is 0 Å². The van der Waals surface area contributed by atoms with Crippen LogP contribution in [-0.4, -0.2) is 19.0 Å². The van der Waals surface area contributed by atoms with Crippen molar-refractivity contribution < 1.29 is 14.3 Å². The summed E-state index contributed by atoms with van der Waals surface area (Å²) in [7, 11) is 1.63. The first-order valence-corrected chi connectivity index (χ1v) is 7.93. The number of hydrogen-bond acceptors (Lipinski definition) is 3. The van der Waals surface area contributed by atoms with E-state index in [9.17, 15) is 4.79 Å². The smallest absolute Gasteiger partial charge is 0.163 e. The highest BCUT2D eigenvalue weighted by Crippen LogP contribution is 2.29. The van der Waals surface area contributed by atoms with Crippen molar-refractivity contribution in [1.29, 1.82) is 0 Å². The topological polar surface area (TPSA) is 35.5 Å². The number of benzene rings is 2. The number of rotatable bonds is 7. The Balaban J connectivity index is 2.02. The lowest BCUT2D eigenvalue weighted by molar-refractivity contribution is 0.0983. The Morgan fingerprint density at radius 2 is 1.74 bits per heavy atom. The molecular weight excluding hydrogens is 288 g/mol. The van der Waals surface area contributed by atoms with Gasteiger partial charge < -0.3 is 9.47 Å². The summed E-state index contributed by atoms with van der Waals surface area (Å²) in [4.78, 5) is 12.2. The fourth-order valence-corrected chi connectivity index (χ4v) is 2.36. The molecule has 0 aliphatic rings. The molecule has 0 aliphatic carbocycles. The maximum atomic E-state index is 12.2. The highest BCUT2D eigenvalue weighted by molar-refractivity contribution is 5.96. The zero-order valence-electron chi connectivity index (χ0n) is 14.3. The Hall–Kier alpha value is -2.29. The van der Waals surface area contributed by atoms with Crippen LogP contribution in [-0.2, 0) is 6.42 Å². The third kappa shape index (κ3) is 4.85. The summed E-state index contributed by atoms with van der Waals surface area (Å²) in [5.41, 5.74) is 2.99. The van der Waals surface area contributed by atoms with Gasteiger partial charge in [-0.1, -0.05) is 35.9 Å². The van der Waals surface area contributed by atoms with Crippen LogP contribution in [0.3, 0.4) is 0 Å². The molecule has 3 nitrogen and oxygen atoms in total. The van der Waals surface area contributed by atoms with E-state index in [1.807, 2.05) is 63.2 Å². The van der Waals surface area contributed by atoms with Crippen LogP contribution < -0.4 is 9.47 Å². The molecule has 2 aromatic carbocycles. The second kappa shape index (κ2) is 7.82. The summed E-state index contributed by atoms with van der Waals surface area (Å²) in [5, 5.41) is 0. The monoisotopic (exact) mass is 312 g/mol. The van der Waals surface area contributed by atoms with Crippen LogP contribution in [0.5, 0.6) is 11.5 Å². The second-order valence-electron chi connectivity index (χ2n) is 5.94. The van der Waals surface area contributed by atoms with Crippen LogP contribution in [0, 0.1) is 6.92 Å². The molecule has 0 amide bonds. The maximum absolute atomic E-state index is 12.2. The van der Waals surface area contributed by atoms with E-state index in [4.69, 9.17) is 9.47 Å². The van der Waals surface area contributed by atoms with Crippen molar-refractivity contribution in [2.75, 3.05) is 7.11 Å². The Morgan fingerprint density at radius 1 is 1.04 bits per heavy atom. The lowest BCUT2D eigenvalue weighted by Gasteiger charge is -2.14. The second-order valence-corrected chi connectivity index (χ2v) is 5.94. The van der Waals surface area contributed by atoms with Gasteiger partial charge in [-0.3, -0.25) is 4.79 Å². The third-order valence-electron chi connectivity index (χ3n) is 3.60. The molecule has 0 heterocycles. The van der Waals surface area contributed by atoms with Crippen LogP contribution in [0.4, 0.5) is 0 Å². The van der Waals surface area contributed by atoms with Gasteiger partial charge in [-0.2, -0.15) is 0 Å². The number of ketones is 1. The average molecular weight is 312 g/mol. The van der Waals surface area contributed by atoms with Gasteiger partial charge in [0.15, 0.2) is 17.3 Å². The molecule has 0 bridgehead atoms. The lowest BCUT2D eigenvalue weighted by Crippen LogP contribution is -2.07. The average Bonchev–Trinajstić information content (AvgIpc) is 2.53. The molecule has 0 spiro atoms. The van der Waals surface area contributed by atoms with Crippen LogP contribution in [0.15, 0.2) is 42.5 Å². The van der Waals surface area contributed by atoms with Gasteiger partial charge in [0, 0.05) is 12.0 Å². The Morgan fingerprint density at radius 3 is 2.35 bits per heavy atom. The van der Waals surface area contributed by atoms with Crippen LogP contribution in [0.2, 0.25) is 0 Å². The van der Waals surface area contributed by atoms with Gasteiger partial charge >= 0.3 is 0 Å². The summed E-state index contributed by atoms with van der Waals surface area (Å²) in [6, 6.07) is 13.5. The fraction of sp³-hybridized carbons (Fsp3) is 0.350. The standard InChI is InChI=1S/C20H24O3/c1-14(2)23-19-12-8-16(13-20(19)22-4)7-11-18(21)17-9-5-15(3)6-10-17/h5-6,8-10,12-14H,7,11H2,1-4H3. The van der Waals surface area contributed by atoms with E-state index in [-0.39, 0.29) is 11.9 Å². The highest BCUT2D eigenvalue weighted by atomic mass is 16.5. The molecular formula is C20H24O3. The molecule has 0 aromatic heterocycles. The largest absolute Gasteiger partial charge is 0.493 e. The normalized spacial score (nSPS) is 10.7. The van der Waals surface area contributed by atoms with Crippen molar-refractivity contribution in [2.24, 2.45) is 0 Å². The van der Waals surface area contributed by atoms with Crippen LogP contribution >= 0.6 is 0 Å². The molecule has 0 aliphatic heterocycles. The number of ether oxygens (including phenoxy) is 2. The van der Waals surface area contributed by atoms with Crippen molar-refractivity contribution >= 4 is 5.78 Å². The number of carbonyl (C=O) groups is 1. The van der Waals surface area contributed by atoms with E-state index in [0.29, 0.717) is 18.6 Å².